The lowest BCUT2D eigenvalue weighted by molar-refractivity contribution is -0.907. The van der Waals surface area contributed by atoms with Gasteiger partial charge in [0.1, 0.15) is 18.8 Å². The van der Waals surface area contributed by atoms with E-state index in [0.29, 0.717) is 43.2 Å². The van der Waals surface area contributed by atoms with Gasteiger partial charge in [0.25, 0.3) is 5.91 Å². The number of rotatable bonds is 6. The highest BCUT2D eigenvalue weighted by atomic mass is 16.5. The number of amides is 1. The molecule has 0 bridgehead atoms. The van der Waals surface area contributed by atoms with E-state index in [4.69, 9.17) is 9.47 Å². The summed E-state index contributed by atoms with van der Waals surface area (Å²) in [6.07, 6.45) is 2.99. The van der Waals surface area contributed by atoms with Gasteiger partial charge in [0.05, 0.1) is 39.5 Å². The van der Waals surface area contributed by atoms with Crippen LogP contribution in [0.15, 0.2) is 54.4 Å². The van der Waals surface area contributed by atoms with Crippen LogP contribution < -0.4 is 14.7 Å². The summed E-state index contributed by atoms with van der Waals surface area (Å²) in [5.74, 6) is -1.24. The number of nitrogens with one attached hydrogen (secondary N) is 1. The Hall–Kier alpha value is -3.23. The van der Waals surface area contributed by atoms with Gasteiger partial charge < -0.3 is 24.4 Å². The summed E-state index contributed by atoms with van der Waals surface area (Å²) in [5.41, 5.74) is 0.981. The molecule has 8 nitrogen and oxygen atoms in total. The number of hydrogen-bond donors (Lipinski definition) is 1. The summed E-state index contributed by atoms with van der Waals surface area (Å²) in [6, 6.07) is 9.51. The Labute approximate surface area is 180 Å². The molecule has 0 spiro atoms. The fourth-order valence-corrected chi connectivity index (χ4v) is 4.11. The van der Waals surface area contributed by atoms with Crippen LogP contribution in [0.2, 0.25) is 0 Å². The van der Waals surface area contributed by atoms with Gasteiger partial charge in [-0.15, -0.1) is 0 Å². The van der Waals surface area contributed by atoms with Crippen molar-refractivity contribution in [2.75, 3.05) is 46.5 Å². The van der Waals surface area contributed by atoms with Crippen LogP contribution in [-0.2, 0) is 14.3 Å². The summed E-state index contributed by atoms with van der Waals surface area (Å²) in [4.78, 5) is 32.7. The average Bonchev–Trinajstić information content (AvgIpc) is 3.08. The minimum absolute atomic E-state index is 0.0265. The van der Waals surface area contributed by atoms with E-state index in [2.05, 4.69) is 4.98 Å². The van der Waals surface area contributed by atoms with E-state index < -0.39 is 23.5 Å². The lowest BCUT2D eigenvalue weighted by Crippen LogP contribution is -3.14. The summed E-state index contributed by atoms with van der Waals surface area (Å²) in [5, 5.41) is 13.3. The molecule has 1 N–H and O–H groups in total. The van der Waals surface area contributed by atoms with Crippen molar-refractivity contribution in [3.8, 4) is 5.75 Å². The molecule has 8 heteroatoms. The first-order chi connectivity index (χ1) is 15.1. The average molecular weight is 423 g/mol. The first-order valence-electron chi connectivity index (χ1n) is 10.3. The van der Waals surface area contributed by atoms with E-state index >= 15 is 0 Å². The lowest BCUT2D eigenvalue weighted by atomic mass is 9.95. The van der Waals surface area contributed by atoms with Crippen LogP contribution in [0, 0.1) is 0 Å². The Bertz CT molecular complexity index is 986. The summed E-state index contributed by atoms with van der Waals surface area (Å²) >= 11 is 0. The molecule has 1 aromatic carbocycles. The van der Waals surface area contributed by atoms with Gasteiger partial charge in [-0.3, -0.25) is 14.6 Å². The molecule has 162 valence electrons. The van der Waals surface area contributed by atoms with Gasteiger partial charge in [0.15, 0.2) is 0 Å². The third kappa shape index (κ3) is 4.30. The molecule has 0 saturated carbocycles. The Kier molecular flexibility index (Phi) is 6.29. The van der Waals surface area contributed by atoms with Gasteiger partial charge in [-0.2, -0.15) is 0 Å². The number of morpholine rings is 1. The molecular weight excluding hydrogens is 398 g/mol. The topological polar surface area (TPSA) is 96.2 Å². The molecule has 3 heterocycles. The summed E-state index contributed by atoms with van der Waals surface area (Å²) in [7, 11) is 1.55. The number of pyridine rings is 1. The number of benzene rings is 1. The van der Waals surface area contributed by atoms with Crippen LogP contribution in [0.3, 0.4) is 0 Å². The minimum Gasteiger partial charge on any atom is -0.872 e. The first-order valence-corrected chi connectivity index (χ1v) is 10.3. The number of likely N-dealkylation sites (tertiary alicyclic amines) is 1. The fraction of sp³-hybridized carbons (Fsp3) is 0.348. The molecule has 2 aliphatic heterocycles. The van der Waals surface area contributed by atoms with E-state index in [9.17, 15) is 14.7 Å². The molecule has 2 aliphatic rings. The van der Waals surface area contributed by atoms with Gasteiger partial charge in [-0.05, 0) is 35.4 Å². The SMILES string of the molecule is COc1cccc(C2C(=C([O-])c3ccncc3)C(=O)C(=O)N2CC[NH+]2CCOCC2)c1. The lowest BCUT2D eigenvalue weighted by Gasteiger charge is -2.30. The smallest absolute Gasteiger partial charge is 0.295 e. The van der Waals surface area contributed by atoms with Crippen molar-refractivity contribution in [1.29, 1.82) is 0 Å². The monoisotopic (exact) mass is 423 g/mol. The van der Waals surface area contributed by atoms with Gasteiger partial charge in [-0.1, -0.05) is 17.9 Å². The number of ether oxygens (including phenoxy) is 2. The minimum atomic E-state index is -0.754. The van der Waals surface area contributed by atoms with Crippen molar-refractivity contribution >= 4 is 17.4 Å². The van der Waals surface area contributed by atoms with Gasteiger partial charge in [0, 0.05) is 18.0 Å². The Morgan fingerprint density at radius 1 is 1.23 bits per heavy atom. The van der Waals surface area contributed by atoms with Crippen molar-refractivity contribution in [2.45, 2.75) is 6.04 Å². The molecule has 0 radical (unpaired) electrons. The van der Waals surface area contributed by atoms with Gasteiger partial charge in [0.2, 0.25) is 5.78 Å². The normalized spacial score (nSPS) is 21.5. The van der Waals surface area contributed by atoms with E-state index in [1.165, 1.54) is 22.2 Å². The zero-order valence-electron chi connectivity index (χ0n) is 17.4. The number of aromatic nitrogens is 1. The maximum atomic E-state index is 13.3. The number of quaternary nitrogens is 1. The standard InChI is InChI=1S/C23H25N3O5/c1-30-18-4-2-3-17(15-18)20-19(21(27)16-5-7-24-8-6-16)22(28)23(29)26(20)10-9-25-11-13-31-14-12-25/h2-8,15,20,27H,9-14H2,1H3. The van der Waals surface area contributed by atoms with Crippen LogP contribution in [-0.4, -0.2) is 68.1 Å². The highest BCUT2D eigenvalue weighted by molar-refractivity contribution is 6.46. The zero-order chi connectivity index (χ0) is 21.8. The molecule has 1 unspecified atom stereocenters. The Balaban J connectivity index is 1.74. The molecule has 2 saturated heterocycles. The van der Waals surface area contributed by atoms with Crippen molar-refractivity contribution in [1.82, 2.24) is 9.88 Å². The van der Waals surface area contributed by atoms with Crippen molar-refractivity contribution < 1.29 is 29.1 Å². The second kappa shape index (κ2) is 9.28. The fourth-order valence-electron chi connectivity index (χ4n) is 4.11. The maximum absolute atomic E-state index is 13.3. The van der Waals surface area contributed by atoms with Gasteiger partial charge in [-0.25, -0.2) is 0 Å². The molecule has 31 heavy (non-hydrogen) atoms. The molecular formula is C23H25N3O5. The van der Waals surface area contributed by atoms with Crippen LogP contribution in [0.1, 0.15) is 17.2 Å². The van der Waals surface area contributed by atoms with Crippen LogP contribution >= 0.6 is 0 Å². The quantitative estimate of drug-likeness (QED) is 0.372. The number of carbonyl (C=O) groups is 2. The van der Waals surface area contributed by atoms with Crippen molar-refractivity contribution in [2.24, 2.45) is 0 Å². The molecule has 1 amide bonds. The molecule has 1 aromatic heterocycles. The van der Waals surface area contributed by atoms with Crippen molar-refractivity contribution in [3.05, 3.63) is 65.5 Å². The maximum Gasteiger partial charge on any atom is 0.295 e. The molecule has 0 aliphatic carbocycles. The third-order valence-corrected chi connectivity index (χ3v) is 5.79. The molecule has 2 aromatic rings. The van der Waals surface area contributed by atoms with E-state index in [1.807, 2.05) is 6.07 Å². The summed E-state index contributed by atoms with van der Waals surface area (Å²) < 4.78 is 10.7. The van der Waals surface area contributed by atoms with E-state index in [-0.39, 0.29) is 5.57 Å². The third-order valence-electron chi connectivity index (χ3n) is 5.79. The van der Waals surface area contributed by atoms with Crippen LogP contribution in [0.25, 0.3) is 5.76 Å². The first kappa shape index (κ1) is 21.0. The van der Waals surface area contributed by atoms with E-state index in [1.54, 1.807) is 37.4 Å². The second-order valence-electron chi connectivity index (χ2n) is 7.60. The molecule has 1 atom stereocenters. The highest BCUT2D eigenvalue weighted by Crippen LogP contribution is 2.39. The number of Topliss-reactive ketones (excluding diaryl/α,β-unsaturated/α-hetero) is 1. The highest BCUT2D eigenvalue weighted by Gasteiger charge is 2.44. The molecule has 4 rings (SSSR count). The predicted octanol–water partition coefficient (Wildman–Crippen LogP) is -0.771. The number of nitrogens with zero attached hydrogens (tertiary/aromatic N) is 2. The number of carbonyl (C=O) groups excluding carboxylic acids is 2. The van der Waals surface area contributed by atoms with Crippen LogP contribution in [0.5, 0.6) is 5.75 Å². The summed E-state index contributed by atoms with van der Waals surface area (Å²) in [6.45, 7) is 4.12. The molecule has 2 fully saturated rings. The predicted molar refractivity (Wildman–Crippen MR) is 110 cm³/mol. The number of ketones is 1. The Morgan fingerprint density at radius 3 is 2.68 bits per heavy atom. The second-order valence-corrected chi connectivity index (χ2v) is 7.60. The zero-order valence-corrected chi connectivity index (χ0v) is 17.4. The largest absolute Gasteiger partial charge is 0.872 e. The number of hydrogen-bond acceptors (Lipinski definition) is 6. The van der Waals surface area contributed by atoms with Gasteiger partial charge >= 0.3 is 0 Å². The van der Waals surface area contributed by atoms with Crippen LogP contribution in [0.4, 0.5) is 0 Å². The van der Waals surface area contributed by atoms with Crippen molar-refractivity contribution in [3.63, 3.8) is 0 Å². The number of methoxy groups -OCH3 is 1. The Morgan fingerprint density at radius 2 is 1.97 bits per heavy atom. The van der Waals surface area contributed by atoms with E-state index in [0.717, 1.165) is 13.1 Å².